The lowest BCUT2D eigenvalue weighted by molar-refractivity contribution is 0.0659. The quantitative estimate of drug-likeness (QED) is 0.725. The fourth-order valence-electron chi connectivity index (χ4n) is 4.52. The molecule has 4 heteroatoms. The molecule has 25 heavy (non-hydrogen) atoms. The molecule has 4 heterocycles. The molecule has 2 aromatic heterocycles. The first-order chi connectivity index (χ1) is 12.3. The van der Waals surface area contributed by atoms with Crippen molar-refractivity contribution >= 4 is 10.9 Å². The normalized spacial score (nSPS) is 26.2. The lowest BCUT2D eigenvalue weighted by atomic mass is 10.0. The van der Waals surface area contributed by atoms with Crippen molar-refractivity contribution in [1.82, 2.24) is 14.5 Å². The number of para-hydroxylation sites is 1. The van der Waals surface area contributed by atoms with Crippen LogP contribution in [0, 0.1) is 0 Å². The Morgan fingerprint density at radius 2 is 1.80 bits per heavy atom. The zero-order valence-corrected chi connectivity index (χ0v) is 14.5. The van der Waals surface area contributed by atoms with Crippen molar-refractivity contribution in [2.75, 3.05) is 7.05 Å². The van der Waals surface area contributed by atoms with Crippen LogP contribution in [-0.4, -0.2) is 39.7 Å². The molecule has 2 fully saturated rings. The van der Waals surface area contributed by atoms with Crippen LogP contribution in [0.1, 0.15) is 25.7 Å². The third kappa shape index (κ3) is 2.61. The van der Waals surface area contributed by atoms with Crippen LogP contribution in [0.2, 0.25) is 0 Å². The Labute approximate surface area is 148 Å². The van der Waals surface area contributed by atoms with Crippen molar-refractivity contribution in [3.63, 3.8) is 0 Å². The fourth-order valence-corrected chi connectivity index (χ4v) is 4.52. The van der Waals surface area contributed by atoms with Crippen LogP contribution in [0.15, 0.2) is 54.9 Å². The van der Waals surface area contributed by atoms with E-state index in [0.717, 1.165) is 24.4 Å². The summed E-state index contributed by atoms with van der Waals surface area (Å²) in [6, 6.07) is 16.0. The van der Waals surface area contributed by atoms with Crippen molar-refractivity contribution in [2.24, 2.45) is 0 Å². The van der Waals surface area contributed by atoms with Gasteiger partial charge in [-0.2, -0.15) is 0 Å². The van der Waals surface area contributed by atoms with E-state index < -0.39 is 0 Å². The number of hydrogen-bond acceptors (Lipinski definition) is 3. The van der Waals surface area contributed by atoms with Crippen molar-refractivity contribution in [3.8, 4) is 11.6 Å². The first kappa shape index (κ1) is 15.0. The maximum atomic E-state index is 6.25. The van der Waals surface area contributed by atoms with E-state index in [1.54, 1.807) is 0 Å². The Bertz CT molecular complexity index is 872. The molecule has 1 aromatic carbocycles. The number of benzene rings is 1. The van der Waals surface area contributed by atoms with Gasteiger partial charge in [-0.25, -0.2) is 4.98 Å². The van der Waals surface area contributed by atoms with E-state index >= 15 is 0 Å². The summed E-state index contributed by atoms with van der Waals surface area (Å²) >= 11 is 0. The van der Waals surface area contributed by atoms with Crippen molar-refractivity contribution in [3.05, 3.63) is 54.9 Å². The number of pyridine rings is 1. The molecule has 2 bridgehead atoms. The number of rotatable bonds is 3. The summed E-state index contributed by atoms with van der Waals surface area (Å²) in [5.74, 6) is 1.81. The van der Waals surface area contributed by atoms with Gasteiger partial charge in [0.15, 0.2) is 0 Å². The standard InChI is InChI=1S/C21H23N3O/c1-23-16-6-7-17(23)13-19(12-16)25-18-8-9-21(22-14-18)24-11-10-15-4-2-3-5-20(15)24/h2-5,8-11,14,16-17,19H,6-7,12-13H2,1H3. The molecule has 128 valence electrons. The summed E-state index contributed by atoms with van der Waals surface area (Å²) in [5, 5.41) is 1.23. The smallest absolute Gasteiger partial charge is 0.138 e. The molecule has 2 saturated heterocycles. The number of fused-ring (bicyclic) bond motifs is 3. The van der Waals surface area contributed by atoms with Crippen molar-refractivity contribution in [1.29, 1.82) is 0 Å². The molecule has 2 atom stereocenters. The molecule has 4 nitrogen and oxygen atoms in total. The molecule has 2 aliphatic heterocycles. The molecule has 3 aromatic rings. The highest BCUT2D eigenvalue weighted by atomic mass is 16.5. The maximum absolute atomic E-state index is 6.25. The zero-order chi connectivity index (χ0) is 16.8. The Balaban J connectivity index is 1.34. The lowest BCUT2D eigenvalue weighted by Gasteiger charge is -2.36. The zero-order valence-electron chi connectivity index (χ0n) is 14.5. The van der Waals surface area contributed by atoms with Gasteiger partial charge in [0.25, 0.3) is 0 Å². The van der Waals surface area contributed by atoms with Crippen LogP contribution in [0.4, 0.5) is 0 Å². The average molecular weight is 333 g/mol. The van der Waals surface area contributed by atoms with Crippen LogP contribution in [0.5, 0.6) is 5.75 Å². The minimum Gasteiger partial charge on any atom is -0.489 e. The van der Waals surface area contributed by atoms with Gasteiger partial charge in [0.2, 0.25) is 0 Å². The molecule has 0 saturated carbocycles. The number of aromatic nitrogens is 2. The minimum atomic E-state index is 0.328. The number of hydrogen-bond donors (Lipinski definition) is 0. The monoisotopic (exact) mass is 333 g/mol. The molecule has 0 spiro atoms. The highest BCUT2D eigenvalue weighted by molar-refractivity contribution is 5.81. The van der Waals surface area contributed by atoms with Gasteiger partial charge in [0.1, 0.15) is 17.7 Å². The van der Waals surface area contributed by atoms with Gasteiger partial charge in [0, 0.05) is 18.3 Å². The van der Waals surface area contributed by atoms with Gasteiger partial charge in [0.05, 0.1) is 11.7 Å². The number of nitrogens with zero attached hydrogens (tertiary/aromatic N) is 3. The second kappa shape index (κ2) is 5.88. The predicted molar refractivity (Wildman–Crippen MR) is 99.3 cm³/mol. The predicted octanol–water partition coefficient (Wildman–Crippen LogP) is 4.03. The minimum absolute atomic E-state index is 0.328. The van der Waals surface area contributed by atoms with Gasteiger partial charge in [-0.1, -0.05) is 18.2 Å². The topological polar surface area (TPSA) is 30.3 Å². The second-order valence-electron chi connectivity index (χ2n) is 7.36. The molecule has 0 amide bonds. The molecule has 2 aliphatic rings. The van der Waals surface area contributed by atoms with Gasteiger partial charge in [-0.3, -0.25) is 0 Å². The van der Waals surface area contributed by atoms with E-state index in [1.165, 1.54) is 23.7 Å². The van der Waals surface area contributed by atoms with Crippen LogP contribution < -0.4 is 4.74 Å². The van der Waals surface area contributed by atoms with Crippen LogP contribution in [0.25, 0.3) is 16.7 Å². The van der Waals surface area contributed by atoms with Gasteiger partial charge in [-0.05, 0) is 62.4 Å². The summed E-state index contributed by atoms with van der Waals surface area (Å²) in [5.41, 5.74) is 1.18. The summed E-state index contributed by atoms with van der Waals surface area (Å²) in [4.78, 5) is 7.17. The third-order valence-electron chi connectivity index (χ3n) is 5.92. The summed E-state index contributed by atoms with van der Waals surface area (Å²) < 4.78 is 8.37. The molecule has 0 aliphatic carbocycles. The highest BCUT2D eigenvalue weighted by Crippen LogP contribution is 2.35. The first-order valence-corrected chi connectivity index (χ1v) is 9.19. The molecule has 5 rings (SSSR count). The molecular formula is C21H23N3O. The molecule has 0 radical (unpaired) electrons. The Morgan fingerprint density at radius 3 is 2.56 bits per heavy atom. The van der Waals surface area contributed by atoms with E-state index in [9.17, 15) is 0 Å². The van der Waals surface area contributed by atoms with Gasteiger partial charge < -0.3 is 14.2 Å². The van der Waals surface area contributed by atoms with Gasteiger partial charge >= 0.3 is 0 Å². The van der Waals surface area contributed by atoms with Crippen molar-refractivity contribution in [2.45, 2.75) is 43.9 Å². The van der Waals surface area contributed by atoms with E-state index in [2.05, 4.69) is 64.1 Å². The van der Waals surface area contributed by atoms with E-state index in [-0.39, 0.29) is 0 Å². The van der Waals surface area contributed by atoms with Gasteiger partial charge in [-0.15, -0.1) is 0 Å². The van der Waals surface area contributed by atoms with Crippen LogP contribution in [0.3, 0.4) is 0 Å². The largest absolute Gasteiger partial charge is 0.489 e. The second-order valence-corrected chi connectivity index (χ2v) is 7.36. The fraction of sp³-hybridized carbons (Fsp3) is 0.381. The van der Waals surface area contributed by atoms with Crippen molar-refractivity contribution < 1.29 is 4.74 Å². The lowest BCUT2D eigenvalue weighted by Crippen LogP contribution is -2.43. The number of piperidine rings is 1. The third-order valence-corrected chi connectivity index (χ3v) is 5.92. The summed E-state index contributed by atoms with van der Waals surface area (Å²) in [7, 11) is 2.26. The maximum Gasteiger partial charge on any atom is 0.138 e. The first-order valence-electron chi connectivity index (χ1n) is 9.19. The van der Waals surface area contributed by atoms with E-state index in [0.29, 0.717) is 18.2 Å². The molecule has 2 unspecified atom stereocenters. The van der Waals surface area contributed by atoms with E-state index in [1.807, 2.05) is 12.3 Å². The molecular weight excluding hydrogens is 310 g/mol. The Morgan fingerprint density at radius 1 is 1.00 bits per heavy atom. The Kier molecular flexibility index (Phi) is 3.52. The van der Waals surface area contributed by atoms with E-state index in [4.69, 9.17) is 4.74 Å². The summed E-state index contributed by atoms with van der Waals surface area (Å²) in [6.45, 7) is 0. The van der Waals surface area contributed by atoms with Crippen LogP contribution >= 0.6 is 0 Å². The van der Waals surface area contributed by atoms with Crippen LogP contribution in [-0.2, 0) is 0 Å². The average Bonchev–Trinajstić information content (AvgIpc) is 3.13. The summed E-state index contributed by atoms with van der Waals surface area (Å²) in [6.07, 6.45) is 9.17. The number of ether oxygens (including phenoxy) is 1. The Hall–Kier alpha value is -2.33. The highest BCUT2D eigenvalue weighted by Gasteiger charge is 2.39. The SMILES string of the molecule is CN1C2CCC1CC(Oc1ccc(-n3ccc4ccccc43)nc1)C2. The molecule has 0 N–H and O–H groups in total.